The molecule has 2 atom stereocenters. The van der Waals surface area contributed by atoms with Crippen molar-refractivity contribution in [1.29, 1.82) is 0 Å². The maximum absolute atomic E-state index is 5.66. The monoisotopic (exact) mass is 254 g/mol. The molecular formula is C11H18N4OS. The molecular weight excluding hydrogens is 236 g/mol. The van der Waals surface area contributed by atoms with Gasteiger partial charge in [0.2, 0.25) is 0 Å². The lowest BCUT2D eigenvalue weighted by atomic mass is 10.2. The van der Waals surface area contributed by atoms with Crippen molar-refractivity contribution in [2.75, 3.05) is 30.9 Å². The summed E-state index contributed by atoms with van der Waals surface area (Å²) in [5, 5.41) is 0.984. The van der Waals surface area contributed by atoms with Crippen molar-refractivity contribution >= 4 is 17.6 Å². The predicted octanol–water partition coefficient (Wildman–Crippen LogP) is 0.751. The molecule has 0 radical (unpaired) electrons. The molecule has 2 heterocycles. The highest BCUT2D eigenvalue weighted by Crippen LogP contribution is 2.22. The number of nitrogens with two attached hydrogens (primary N) is 1. The van der Waals surface area contributed by atoms with E-state index in [4.69, 9.17) is 10.5 Å². The first kappa shape index (κ1) is 12.6. The largest absolute Gasteiger partial charge is 0.373 e. The van der Waals surface area contributed by atoms with Crippen molar-refractivity contribution < 1.29 is 4.74 Å². The fourth-order valence-electron chi connectivity index (χ4n) is 1.88. The Bertz CT molecular complexity index is 376. The molecule has 2 N–H and O–H groups in total. The Morgan fingerprint density at radius 1 is 1.59 bits per heavy atom. The SMILES string of the molecule is CSc1cc(N2CC(CN)OCC2C)ncn1. The van der Waals surface area contributed by atoms with Gasteiger partial charge < -0.3 is 15.4 Å². The van der Waals surface area contributed by atoms with Crippen LogP contribution in [0, 0.1) is 0 Å². The van der Waals surface area contributed by atoms with E-state index < -0.39 is 0 Å². The van der Waals surface area contributed by atoms with Gasteiger partial charge in [-0.1, -0.05) is 0 Å². The van der Waals surface area contributed by atoms with E-state index in [1.807, 2.05) is 12.3 Å². The number of rotatable bonds is 3. The van der Waals surface area contributed by atoms with Crippen LogP contribution in [0.4, 0.5) is 5.82 Å². The third-order valence-corrected chi connectivity index (χ3v) is 3.54. The van der Waals surface area contributed by atoms with E-state index in [1.165, 1.54) is 0 Å². The number of thioether (sulfide) groups is 1. The zero-order valence-electron chi connectivity index (χ0n) is 10.2. The van der Waals surface area contributed by atoms with E-state index in [1.54, 1.807) is 18.1 Å². The van der Waals surface area contributed by atoms with E-state index in [-0.39, 0.29) is 6.10 Å². The van der Waals surface area contributed by atoms with Crippen LogP contribution < -0.4 is 10.6 Å². The molecule has 2 unspecified atom stereocenters. The lowest BCUT2D eigenvalue weighted by molar-refractivity contribution is 0.0279. The van der Waals surface area contributed by atoms with Crippen molar-refractivity contribution in [2.24, 2.45) is 5.73 Å². The number of hydrogen-bond donors (Lipinski definition) is 1. The molecule has 17 heavy (non-hydrogen) atoms. The van der Waals surface area contributed by atoms with Crippen molar-refractivity contribution in [1.82, 2.24) is 9.97 Å². The first-order chi connectivity index (χ1) is 8.24. The molecule has 6 heteroatoms. The topological polar surface area (TPSA) is 64.3 Å². The summed E-state index contributed by atoms with van der Waals surface area (Å²) in [5.41, 5.74) is 5.66. The van der Waals surface area contributed by atoms with Gasteiger partial charge in [0.15, 0.2) is 0 Å². The Kier molecular flexibility index (Phi) is 4.20. The highest BCUT2D eigenvalue weighted by molar-refractivity contribution is 7.98. The molecule has 0 aliphatic carbocycles. The Labute approximate surface area is 106 Å². The van der Waals surface area contributed by atoms with Gasteiger partial charge in [-0.05, 0) is 13.2 Å². The van der Waals surface area contributed by atoms with Crippen molar-refractivity contribution in [3.8, 4) is 0 Å². The molecule has 94 valence electrons. The number of anilines is 1. The van der Waals surface area contributed by atoms with Crippen molar-refractivity contribution in [2.45, 2.75) is 24.1 Å². The molecule has 1 aromatic heterocycles. The molecule has 1 aliphatic rings. The van der Waals surface area contributed by atoms with E-state index >= 15 is 0 Å². The maximum Gasteiger partial charge on any atom is 0.133 e. The Morgan fingerprint density at radius 2 is 2.41 bits per heavy atom. The van der Waals surface area contributed by atoms with Gasteiger partial charge in [0, 0.05) is 19.2 Å². The molecule has 0 spiro atoms. The molecule has 1 fully saturated rings. The van der Waals surface area contributed by atoms with E-state index in [0.29, 0.717) is 19.2 Å². The minimum atomic E-state index is 0.0962. The van der Waals surface area contributed by atoms with Gasteiger partial charge in [-0.3, -0.25) is 0 Å². The first-order valence-electron chi connectivity index (χ1n) is 5.69. The predicted molar refractivity (Wildman–Crippen MR) is 69.4 cm³/mol. The van der Waals surface area contributed by atoms with Gasteiger partial charge in [-0.15, -0.1) is 11.8 Å². The zero-order valence-corrected chi connectivity index (χ0v) is 11.0. The number of ether oxygens (including phenoxy) is 1. The zero-order chi connectivity index (χ0) is 12.3. The first-order valence-corrected chi connectivity index (χ1v) is 6.91. The van der Waals surface area contributed by atoms with Crippen LogP contribution in [0.15, 0.2) is 17.4 Å². The standard InChI is InChI=1S/C11H18N4OS/c1-8-6-16-9(4-12)5-15(8)10-3-11(17-2)14-7-13-10/h3,7-9H,4-6,12H2,1-2H3. The van der Waals surface area contributed by atoms with Crippen LogP contribution in [0.2, 0.25) is 0 Å². The van der Waals surface area contributed by atoms with E-state index in [2.05, 4.69) is 21.8 Å². The maximum atomic E-state index is 5.66. The molecule has 0 aromatic carbocycles. The van der Waals surface area contributed by atoms with Crippen LogP contribution in [0.3, 0.4) is 0 Å². The van der Waals surface area contributed by atoms with Gasteiger partial charge >= 0.3 is 0 Å². The average Bonchev–Trinajstić information content (AvgIpc) is 2.39. The van der Waals surface area contributed by atoms with Crippen LogP contribution in [-0.2, 0) is 4.74 Å². The van der Waals surface area contributed by atoms with Gasteiger partial charge in [-0.25, -0.2) is 9.97 Å². The molecule has 2 rings (SSSR count). The highest BCUT2D eigenvalue weighted by Gasteiger charge is 2.26. The van der Waals surface area contributed by atoms with Crippen molar-refractivity contribution in [3.05, 3.63) is 12.4 Å². The van der Waals surface area contributed by atoms with Crippen LogP contribution in [-0.4, -0.2) is 48.1 Å². The minimum Gasteiger partial charge on any atom is -0.373 e. The number of hydrogen-bond acceptors (Lipinski definition) is 6. The number of aromatic nitrogens is 2. The molecule has 1 aliphatic heterocycles. The van der Waals surface area contributed by atoms with Crippen LogP contribution in [0.1, 0.15) is 6.92 Å². The fraction of sp³-hybridized carbons (Fsp3) is 0.636. The summed E-state index contributed by atoms with van der Waals surface area (Å²) in [6.45, 7) is 4.17. The fourth-order valence-corrected chi connectivity index (χ4v) is 2.25. The Hall–Kier alpha value is -0.850. The number of nitrogens with zero attached hydrogens (tertiary/aromatic N) is 3. The summed E-state index contributed by atoms with van der Waals surface area (Å²) < 4.78 is 5.63. The molecule has 5 nitrogen and oxygen atoms in total. The molecule has 0 saturated carbocycles. The third-order valence-electron chi connectivity index (χ3n) is 2.90. The quantitative estimate of drug-likeness (QED) is 0.634. The van der Waals surface area contributed by atoms with Gasteiger partial charge in [0.1, 0.15) is 17.2 Å². The molecule has 1 aromatic rings. The summed E-state index contributed by atoms with van der Waals surface area (Å²) in [6, 6.07) is 2.34. The number of morpholine rings is 1. The smallest absolute Gasteiger partial charge is 0.133 e. The summed E-state index contributed by atoms with van der Waals surface area (Å²) in [5.74, 6) is 0.957. The minimum absolute atomic E-state index is 0.0962. The van der Waals surface area contributed by atoms with Gasteiger partial charge in [-0.2, -0.15) is 0 Å². The Balaban J connectivity index is 2.18. The molecule has 0 bridgehead atoms. The average molecular weight is 254 g/mol. The van der Waals surface area contributed by atoms with E-state index in [9.17, 15) is 0 Å². The van der Waals surface area contributed by atoms with Crippen molar-refractivity contribution in [3.63, 3.8) is 0 Å². The summed E-state index contributed by atoms with van der Waals surface area (Å²) >= 11 is 1.62. The molecule has 1 saturated heterocycles. The van der Waals surface area contributed by atoms with Crippen LogP contribution in [0.25, 0.3) is 0 Å². The van der Waals surface area contributed by atoms with Gasteiger partial charge in [0.05, 0.1) is 18.8 Å². The van der Waals surface area contributed by atoms with Crippen LogP contribution in [0.5, 0.6) is 0 Å². The summed E-state index contributed by atoms with van der Waals surface area (Å²) in [4.78, 5) is 10.8. The second-order valence-corrected chi connectivity index (χ2v) is 4.94. The van der Waals surface area contributed by atoms with E-state index in [0.717, 1.165) is 17.4 Å². The Morgan fingerprint density at radius 3 is 3.12 bits per heavy atom. The van der Waals surface area contributed by atoms with Crippen LogP contribution >= 0.6 is 11.8 Å². The summed E-state index contributed by atoms with van der Waals surface area (Å²) in [7, 11) is 0. The normalized spacial score (nSPS) is 25.0. The lowest BCUT2D eigenvalue weighted by Crippen LogP contribution is -2.51. The van der Waals surface area contributed by atoms with Gasteiger partial charge in [0.25, 0.3) is 0 Å². The molecule has 0 amide bonds. The third kappa shape index (κ3) is 2.88. The lowest BCUT2D eigenvalue weighted by Gasteiger charge is -2.38. The highest BCUT2D eigenvalue weighted by atomic mass is 32.2. The summed E-state index contributed by atoms with van der Waals surface area (Å²) in [6.07, 6.45) is 3.72. The second kappa shape index (κ2) is 5.66. The second-order valence-electron chi connectivity index (χ2n) is 4.11.